The predicted molar refractivity (Wildman–Crippen MR) is 67.7 cm³/mol. The summed E-state index contributed by atoms with van der Waals surface area (Å²) in [7, 11) is -2.07. The van der Waals surface area contributed by atoms with Gasteiger partial charge in [0.05, 0.1) is 25.0 Å². The lowest BCUT2D eigenvalue weighted by Crippen LogP contribution is -2.13. The molecule has 0 aliphatic carbocycles. The van der Waals surface area contributed by atoms with E-state index in [1.165, 1.54) is 13.2 Å². The number of aliphatic carboxylic acids is 1. The van der Waals surface area contributed by atoms with Gasteiger partial charge in [0.1, 0.15) is 5.75 Å². The summed E-state index contributed by atoms with van der Waals surface area (Å²) in [6.07, 6.45) is -0.411. The van der Waals surface area contributed by atoms with Crippen LogP contribution < -0.4 is 4.74 Å². The fraction of sp³-hybridized carbons (Fsp3) is 0.364. The van der Waals surface area contributed by atoms with E-state index in [2.05, 4.69) is 0 Å². The number of hydrogen-bond acceptors (Lipinski definition) is 4. The summed E-state index contributed by atoms with van der Waals surface area (Å²) in [6.45, 7) is 0. The van der Waals surface area contributed by atoms with E-state index >= 15 is 0 Å². The highest BCUT2D eigenvalue weighted by Crippen LogP contribution is 2.24. The van der Waals surface area contributed by atoms with Gasteiger partial charge < -0.3 is 9.84 Å². The number of carboxylic acids is 1. The summed E-state index contributed by atoms with van der Waals surface area (Å²) in [5.74, 6) is -1.42. The average Bonchev–Trinajstić information content (AvgIpc) is 2.26. The molecule has 0 fully saturated rings. The van der Waals surface area contributed by atoms with Gasteiger partial charge in [0, 0.05) is 10.6 Å². The highest BCUT2D eigenvalue weighted by Gasteiger charge is 2.17. The lowest BCUT2D eigenvalue weighted by Gasteiger charge is -2.09. The van der Waals surface area contributed by atoms with Crippen LogP contribution in [0.2, 0.25) is 5.02 Å². The minimum Gasteiger partial charge on any atom is -0.496 e. The number of benzene rings is 1. The molecular formula is C11H13ClO5S. The second-order valence-electron chi connectivity index (χ2n) is 3.69. The average molecular weight is 293 g/mol. The smallest absolute Gasteiger partial charge is 0.304 e. The van der Waals surface area contributed by atoms with Gasteiger partial charge in [-0.3, -0.25) is 4.79 Å². The van der Waals surface area contributed by atoms with Crippen LogP contribution >= 0.6 is 11.6 Å². The molecule has 0 aromatic heterocycles. The molecule has 0 aliphatic heterocycles. The summed E-state index contributed by atoms with van der Waals surface area (Å²) >= 11 is 5.79. The first-order chi connectivity index (χ1) is 8.34. The van der Waals surface area contributed by atoms with Crippen LogP contribution in [0.15, 0.2) is 18.2 Å². The quantitative estimate of drug-likeness (QED) is 0.864. The minimum absolute atomic E-state index is 0.288. The van der Waals surface area contributed by atoms with Gasteiger partial charge in [-0.2, -0.15) is 0 Å². The standard InChI is InChI=1S/C11H13ClO5S/c1-17-10-3-2-9(12)6-8(10)7-18(15,16)5-4-11(13)14/h2-3,6H,4-5,7H2,1H3,(H,13,14). The number of carboxylic acid groups (broad SMARTS) is 1. The van der Waals surface area contributed by atoms with Gasteiger partial charge in [-0.25, -0.2) is 8.42 Å². The summed E-state index contributed by atoms with van der Waals surface area (Å²) in [5, 5.41) is 8.88. The molecule has 0 saturated carbocycles. The Morgan fingerprint density at radius 2 is 2.11 bits per heavy atom. The van der Waals surface area contributed by atoms with Gasteiger partial charge in [-0.15, -0.1) is 0 Å². The zero-order valence-corrected chi connectivity index (χ0v) is 11.3. The Labute approximate surface area is 110 Å². The Hall–Kier alpha value is -1.27. The topological polar surface area (TPSA) is 80.7 Å². The van der Waals surface area contributed by atoms with Crippen molar-refractivity contribution in [3.8, 4) is 5.75 Å². The van der Waals surface area contributed by atoms with Gasteiger partial charge in [0.15, 0.2) is 9.84 Å². The summed E-state index contributed by atoms with van der Waals surface area (Å²) in [4.78, 5) is 10.4. The van der Waals surface area contributed by atoms with E-state index in [0.29, 0.717) is 16.3 Å². The third-order valence-electron chi connectivity index (χ3n) is 2.24. The maximum Gasteiger partial charge on any atom is 0.304 e. The van der Waals surface area contributed by atoms with Crippen LogP contribution in [0.5, 0.6) is 5.75 Å². The van der Waals surface area contributed by atoms with Crippen LogP contribution in [-0.4, -0.2) is 32.4 Å². The largest absolute Gasteiger partial charge is 0.496 e. The summed E-state index contributed by atoms with van der Waals surface area (Å²) in [6, 6.07) is 4.66. The van der Waals surface area contributed by atoms with Crippen molar-refractivity contribution in [3.05, 3.63) is 28.8 Å². The number of rotatable bonds is 6. The molecule has 1 aromatic carbocycles. The zero-order valence-electron chi connectivity index (χ0n) is 9.72. The van der Waals surface area contributed by atoms with E-state index in [0.717, 1.165) is 0 Å². The fourth-order valence-corrected chi connectivity index (χ4v) is 2.94. The molecule has 0 atom stereocenters. The van der Waals surface area contributed by atoms with Crippen molar-refractivity contribution >= 4 is 27.4 Å². The highest BCUT2D eigenvalue weighted by molar-refractivity contribution is 7.90. The molecule has 0 bridgehead atoms. The molecule has 0 unspecified atom stereocenters. The fourth-order valence-electron chi connectivity index (χ4n) is 1.41. The van der Waals surface area contributed by atoms with E-state index in [-0.39, 0.29) is 5.75 Å². The number of sulfone groups is 1. The second kappa shape index (κ2) is 6.06. The zero-order chi connectivity index (χ0) is 13.8. The Morgan fingerprint density at radius 3 is 2.67 bits per heavy atom. The first-order valence-electron chi connectivity index (χ1n) is 5.08. The molecule has 0 amide bonds. The molecule has 0 radical (unpaired) electrons. The van der Waals surface area contributed by atoms with Crippen molar-refractivity contribution in [1.29, 1.82) is 0 Å². The van der Waals surface area contributed by atoms with Crippen molar-refractivity contribution in [3.63, 3.8) is 0 Å². The minimum atomic E-state index is -3.50. The summed E-state index contributed by atoms with van der Waals surface area (Å²) < 4.78 is 28.5. The van der Waals surface area contributed by atoms with Crippen LogP contribution in [-0.2, 0) is 20.4 Å². The molecule has 1 aromatic rings. The Balaban J connectivity index is 2.89. The monoisotopic (exact) mass is 292 g/mol. The Kier molecular flexibility index (Phi) is 4.98. The number of halogens is 1. The summed E-state index contributed by atoms with van der Waals surface area (Å²) in [5.41, 5.74) is 0.426. The van der Waals surface area contributed by atoms with Crippen LogP contribution in [0.3, 0.4) is 0 Å². The van der Waals surface area contributed by atoms with Crippen molar-refractivity contribution in [2.45, 2.75) is 12.2 Å². The molecule has 1 rings (SSSR count). The van der Waals surface area contributed by atoms with E-state index in [1.54, 1.807) is 12.1 Å². The molecular weight excluding hydrogens is 280 g/mol. The normalized spacial score (nSPS) is 11.2. The van der Waals surface area contributed by atoms with E-state index in [9.17, 15) is 13.2 Å². The van der Waals surface area contributed by atoms with Crippen molar-refractivity contribution in [1.82, 2.24) is 0 Å². The van der Waals surface area contributed by atoms with Gasteiger partial charge in [0.2, 0.25) is 0 Å². The SMILES string of the molecule is COc1ccc(Cl)cc1CS(=O)(=O)CCC(=O)O. The van der Waals surface area contributed by atoms with Gasteiger partial charge in [0.25, 0.3) is 0 Å². The number of ether oxygens (including phenoxy) is 1. The van der Waals surface area contributed by atoms with Crippen molar-refractivity contribution in [2.75, 3.05) is 12.9 Å². The van der Waals surface area contributed by atoms with Gasteiger partial charge in [-0.05, 0) is 18.2 Å². The third-order valence-corrected chi connectivity index (χ3v) is 4.06. The van der Waals surface area contributed by atoms with E-state index < -0.39 is 28.0 Å². The number of methoxy groups -OCH3 is 1. The van der Waals surface area contributed by atoms with E-state index in [1.807, 2.05) is 0 Å². The first kappa shape index (κ1) is 14.8. The molecule has 0 aliphatic rings. The molecule has 0 spiro atoms. The van der Waals surface area contributed by atoms with Crippen LogP contribution in [0.1, 0.15) is 12.0 Å². The highest BCUT2D eigenvalue weighted by atomic mass is 35.5. The Morgan fingerprint density at radius 1 is 1.44 bits per heavy atom. The molecule has 0 heterocycles. The molecule has 0 saturated heterocycles. The first-order valence-corrected chi connectivity index (χ1v) is 7.28. The molecule has 5 nitrogen and oxygen atoms in total. The second-order valence-corrected chi connectivity index (χ2v) is 6.31. The number of carbonyl (C=O) groups is 1. The predicted octanol–water partition coefficient (Wildman–Crippen LogP) is 1.74. The van der Waals surface area contributed by atoms with Gasteiger partial charge >= 0.3 is 5.97 Å². The molecule has 1 N–H and O–H groups in total. The third kappa shape index (κ3) is 4.54. The molecule has 100 valence electrons. The van der Waals surface area contributed by atoms with Crippen LogP contribution in [0.4, 0.5) is 0 Å². The number of hydrogen-bond donors (Lipinski definition) is 1. The molecule has 7 heteroatoms. The van der Waals surface area contributed by atoms with Crippen molar-refractivity contribution < 1.29 is 23.1 Å². The lowest BCUT2D eigenvalue weighted by atomic mass is 10.2. The molecule has 18 heavy (non-hydrogen) atoms. The maximum atomic E-state index is 11.7. The van der Waals surface area contributed by atoms with Crippen LogP contribution in [0, 0.1) is 0 Å². The lowest BCUT2D eigenvalue weighted by molar-refractivity contribution is -0.136. The van der Waals surface area contributed by atoms with E-state index in [4.69, 9.17) is 21.4 Å². The van der Waals surface area contributed by atoms with Crippen molar-refractivity contribution in [2.24, 2.45) is 0 Å². The van der Waals surface area contributed by atoms with Gasteiger partial charge in [-0.1, -0.05) is 11.6 Å². The maximum absolute atomic E-state index is 11.7. The Bertz CT molecular complexity index is 538. The van der Waals surface area contributed by atoms with Crippen LogP contribution in [0.25, 0.3) is 0 Å².